The number of rotatable bonds is 6. The van der Waals surface area contributed by atoms with Gasteiger partial charge in [-0.2, -0.15) is 0 Å². The smallest absolute Gasteiger partial charge is 0.273 e. The van der Waals surface area contributed by atoms with Crippen molar-refractivity contribution in [1.29, 1.82) is 0 Å². The monoisotopic (exact) mass is 432 g/mol. The third-order valence-corrected chi connectivity index (χ3v) is 5.56. The Morgan fingerprint density at radius 1 is 1.09 bits per heavy atom. The average molecular weight is 433 g/mol. The summed E-state index contributed by atoms with van der Waals surface area (Å²) in [6.07, 6.45) is 3.61. The molecule has 2 N–H and O–H groups in total. The second kappa shape index (κ2) is 8.57. The molecule has 2 heterocycles. The first-order chi connectivity index (χ1) is 15.2. The molecule has 7 nitrogen and oxygen atoms in total. The second-order valence-corrected chi connectivity index (χ2v) is 9.34. The summed E-state index contributed by atoms with van der Waals surface area (Å²) in [5.41, 5.74) is 4.14. The van der Waals surface area contributed by atoms with Gasteiger partial charge in [-0.25, -0.2) is 4.98 Å². The molecule has 0 saturated heterocycles. The van der Waals surface area contributed by atoms with Gasteiger partial charge in [0.25, 0.3) is 5.91 Å². The van der Waals surface area contributed by atoms with Gasteiger partial charge in [0.2, 0.25) is 5.91 Å². The Bertz CT molecular complexity index is 1160. The average Bonchev–Trinajstić information content (AvgIpc) is 3.48. The molecule has 1 aliphatic rings. The SMILES string of the molecule is Cc1cc(-c2ccnc(NC(=O)C3CC3)c2)ccc1CNC(=O)c1cc(C(C)(C)C)on1. The summed E-state index contributed by atoms with van der Waals surface area (Å²) in [6.45, 7) is 8.42. The number of hydrogen-bond acceptors (Lipinski definition) is 5. The molecule has 0 radical (unpaired) electrons. The molecule has 3 aromatic rings. The fourth-order valence-corrected chi connectivity index (χ4v) is 3.33. The van der Waals surface area contributed by atoms with Gasteiger partial charge >= 0.3 is 0 Å². The zero-order chi connectivity index (χ0) is 22.9. The molecule has 1 saturated carbocycles. The third kappa shape index (κ3) is 5.04. The van der Waals surface area contributed by atoms with E-state index in [4.69, 9.17) is 4.52 Å². The normalized spacial score (nSPS) is 13.6. The number of benzene rings is 1. The topological polar surface area (TPSA) is 97.1 Å². The minimum Gasteiger partial charge on any atom is -0.360 e. The van der Waals surface area contributed by atoms with Crippen molar-refractivity contribution in [2.45, 2.75) is 52.5 Å². The van der Waals surface area contributed by atoms with Crippen LogP contribution in [0.25, 0.3) is 11.1 Å². The van der Waals surface area contributed by atoms with E-state index < -0.39 is 0 Å². The van der Waals surface area contributed by atoms with Crippen LogP contribution in [0.5, 0.6) is 0 Å². The van der Waals surface area contributed by atoms with Crippen LogP contribution < -0.4 is 10.6 Å². The predicted molar refractivity (Wildman–Crippen MR) is 122 cm³/mol. The lowest BCUT2D eigenvalue weighted by Crippen LogP contribution is -2.23. The van der Waals surface area contributed by atoms with Gasteiger partial charge in [-0.3, -0.25) is 9.59 Å². The number of nitrogens with zero attached hydrogens (tertiary/aromatic N) is 2. The fourth-order valence-electron chi connectivity index (χ4n) is 3.33. The van der Waals surface area contributed by atoms with Crippen molar-refractivity contribution in [2.75, 3.05) is 5.32 Å². The highest BCUT2D eigenvalue weighted by Crippen LogP contribution is 2.30. The first-order valence-electron chi connectivity index (χ1n) is 10.8. The zero-order valence-corrected chi connectivity index (χ0v) is 18.9. The predicted octanol–water partition coefficient (Wildman–Crippen LogP) is 4.62. The molecule has 0 aliphatic heterocycles. The summed E-state index contributed by atoms with van der Waals surface area (Å²) in [7, 11) is 0. The first kappa shape index (κ1) is 21.7. The molecule has 2 amide bonds. The number of aromatic nitrogens is 2. The van der Waals surface area contributed by atoms with Crippen molar-refractivity contribution in [3.8, 4) is 11.1 Å². The maximum absolute atomic E-state index is 12.5. The van der Waals surface area contributed by atoms with Crippen LogP contribution in [0.3, 0.4) is 0 Å². The molecular weight excluding hydrogens is 404 g/mol. The largest absolute Gasteiger partial charge is 0.360 e. The number of carbonyl (C=O) groups is 2. The number of pyridine rings is 1. The van der Waals surface area contributed by atoms with Crippen LogP contribution in [-0.2, 0) is 16.8 Å². The number of anilines is 1. The van der Waals surface area contributed by atoms with Crippen molar-refractivity contribution in [3.05, 3.63) is 65.2 Å². The molecule has 166 valence electrons. The zero-order valence-electron chi connectivity index (χ0n) is 18.9. The highest BCUT2D eigenvalue weighted by atomic mass is 16.5. The lowest BCUT2D eigenvalue weighted by molar-refractivity contribution is -0.117. The van der Waals surface area contributed by atoms with Gasteiger partial charge in [-0.15, -0.1) is 0 Å². The summed E-state index contributed by atoms with van der Waals surface area (Å²) in [5.74, 6) is 1.15. The van der Waals surface area contributed by atoms with Crippen LogP contribution in [0.15, 0.2) is 47.1 Å². The van der Waals surface area contributed by atoms with E-state index in [1.807, 2.05) is 52.0 Å². The Labute approximate surface area is 187 Å². The van der Waals surface area contributed by atoms with Gasteiger partial charge in [0, 0.05) is 30.1 Å². The van der Waals surface area contributed by atoms with Crippen molar-refractivity contribution in [2.24, 2.45) is 5.92 Å². The van der Waals surface area contributed by atoms with E-state index >= 15 is 0 Å². The van der Waals surface area contributed by atoms with E-state index in [-0.39, 0.29) is 28.8 Å². The maximum Gasteiger partial charge on any atom is 0.273 e. The van der Waals surface area contributed by atoms with Crippen LogP contribution >= 0.6 is 0 Å². The Balaban J connectivity index is 1.41. The Morgan fingerprint density at radius 3 is 2.50 bits per heavy atom. The molecule has 1 fully saturated rings. The van der Waals surface area contributed by atoms with Crippen LogP contribution in [0.2, 0.25) is 0 Å². The van der Waals surface area contributed by atoms with Crippen LogP contribution in [0.4, 0.5) is 5.82 Å². The summed E-state index contributed by atoms with van der Waals surface area (Å²) in [5, 5.41) is 9.69. The standard InChI is InChI=1S/C25H28N4O3/c1-15-11-17(18-9-10-26-22(12-18)28-23(30)16-5-6-16)7-8-19(15)14-27-24(31)20-13-21(32-29-20)25(2,3)4/h7-13,16H,5-6,14H2,1-4H3,(H,27,31)(H,26,28,30). The summed E-state index contributed by atoms with van der Waals surface area (Å²) in [4.78, 5) is 28.7. The van der Waals surface area contributed by atoms with E-state index in [9.17, 15) is 9.59 Å². The van der Waals surface area contributed by atoms with Crippen molar-refractivity contribution >= 4 is 17.6 Å². The highest BCUT2D eigenvalue weighted by molar-refractivity contribution is 5.94. The molecule has 7 heteroatoms. The molecule has 1 aromatic carbocycles. The minimum absolute atomic E-state index is 0.0404. The van der Waals surface area contributed by atoms with E-state index in [2.05, 4.69) is 26.8 Å². The molecule has 2 aromatic heterocycles. The van der Waals surface area contributed by atoms with E-state index in [0.29, 0.717) is 18.1 Å². The maximum atomic E-state index is 12.5. The lowest BCUT2D eigenvalue weighted by Gasteiger charge is -2.12. The minimum atomic E-state index is -0.266. The van der Waals surface area contributed by atoms with E-state index in [0.717, 1.165) is 35.1 Å². The van der Waals surface area contributed by atoms with Crippen molar-refractivity contribution < 1.29 is 14.1 Å². The Morgan fingerprint density at radius 2 is 1.84 bits per heavy atom. The molecule has 0 bridgehead atoms. The number of aryl methyl sites for hydroxylation is 1. The number of nitrogens with one attached hydrogen (secondary N) is 2. The lowest BCUT2D eigenvalue weighted by atomic mass is 9.93. The molecule has 0 unspecified atom stereocenters. The quantitative estimate of drug-likeness (QED) is 0.592. The number of carbonyl (C=O) groups excluding carboxylic acids is 2. The molecule has 32 heavy (non-hydrogen) atoms. The van der Waals surface area contributed by atoms with Crippen LogP contribution in [0.1, 0.15) is 61.0 Å². The second-order valence-electron chi connectivity index (χ2n) is 9.34. The first-order valence-corrected chi connectivity index (χ1v) is 10.8. The van der Waals surface area contributed by atoms with Crippen LogP contribution in [0, 0.1) is 12.8 Å². The van der Waals surface area contributed by atoms with Gasteiger partial charge in [0.15, 0.2) is 5.69 Å². The molecule has 0 atom stereocenters. The van der Waals surface area contributed by atoms with Gasteiger partial charge in [0.05, 0.1) is 0 Å². The number of hydrogen-bond donors (Lipinski definition) is 2. The van der Waals surface area contributed by atoms with E-state index in [1.54, 1.807) is 12.3 Å². The molecular formula is C25H28N4O3. The Kier molecular flexibility index (Phi) is 5.82. The highest BCUT2D eigenvalue weighted by Gasteiger charge is 2.29. The molecule has 4 rings (SSSR count). The molecule has 0 spiro atoms. The number of amides is 2. The van der Waals surface area contributed by atoms with Crippen LogP contribution in [-0.4, -0.2) is 22.0 Å². The Hall–Kier alpha value is -3.48. The van der Waals surface area contributed by atoms with Gasteiger partial charge in [-0.1, -0.05) is 44.1 Å². The third-order valence-electron chi connectivity index (χ3n) is 5.56. The summed E-state index contributed by atoms with van der Waals surface area (Å²) < 4.78 is 5.30. The summed E-state index contributed by atoms with van der Waals surface area (Å²) >= 11 is 0. The van der Waals surface area contributed by atoms with Gasteiger partial charge in [0.1, 0.15) is 11.6 Å². The molecule has 1 aliphatic carbocycles. The van der Waals surface area contributed by atoms with Gasteiger partial charge < -0.3 is 15.2 Å². The van der Waals surface area contributed by atoms with E-state index in [1.165, 1.54) is 0 Å². The van der Waals surface area contributed by atoms with Gasteiger partial charge in [-0.05, 0) is 54.2 Å². The summed E-state index contributed by atoms with van der Waals surface area (Å²) in [6, 6.07) is 11.6. The fraction of sp³-hybridized carbons (Fsp3) is 0.360. The van der Waals surface area contributed by atoms with Crippen molar-refractivity contribution in [1.82, 2.24) is 15.5 Å². The van der Waals surface area contributed by atoms with Crippen molar-refractivity contribution in [3.63, 3.8) is 0 Å².